The van der Waals surface area contributed by atoms with Gasteiger partial charge in [0.25, 0.3) is 5.91 Å². The van der Waals surface area contributed by atoms with E-state index in [1.807, 2.05) is 35.2 Å². The molecule has 1 aromatic heterocycles. The van der Waals surface area contributed by atoms with Crippen molar-refractivity contribution in [3.63, 3.8) is 0 Å². The maximum atomic E-state index is 12.5. The van der Waals surface area contributed by atoms with E-state index in [2.05, 4.69) is 5.32 Å². The van der Waals surface area contributed by atoms with Gasteiger partial charge in [-0.05, 0) is 25.0 Å². The summed E-state index contributed by atoms with van der Waals surface area (Å²) in [6, 6.07) is 11.2. The molecule has 5 nitrogen and oxygen atoms in total. The average molecular weight is 312 g/mol. The van der Waals surface area contributed by atoms with Crippen LogP contribution in [-0.4, -0.2) is 29.8 Å². The Morgan fingerprint density at radius 2 is 2.09 bits per heavy atom. The maximum Gasteiger partial charge on any atom is 0.255 e. The maximum absolute atomic E-state index is 12.5. The van der Waals surface area contributed by atoms with Crippen LogP contribution in [0.25, 0.3) is 0 Å². The quantitative estimate of drug-likeness (QED) is 0.923. The normalized spacial score (nSPS) is 15.7. The number of aryl methyl sites for hydroxylation is 1. The van der Waals surface area contributed by atoms with Crippen LogP contribution in [-0.2, 0) is 4.79 Å². The second-order valence-corrected chi connectivity index (χ2v) is 5.77. The van der Waals surface area contributed by atoms with Crippen molar-refractivity contribution in [3.05, 3.63) is 59.5 Å². The number of benzene rings is 1. The number of furan rings is 1. The number of likely N-dealkylation sites (tertiary alicyclic amines) is 1. The number of nitrogens with one attached hydrogen (secondary N) is 1. The molecule has 2 aromatic rings. The summed E-state index contributed by atoms with van der Waals surface area (Å²) in [4.78, 5) is 26.2. The highest BCUT2D eigenvalue weighted by atomic mass is 16.3. The largest absolute Gasteiger partial charge is 0.469 e. The SMILES string of the molecule is Cc1occc1C(=O)N[C@H](CN1CCCC1=O)c1ccccc1. The number of rotatable bonds is 5. The first kappa shape index (κ1) is 15.3. The summed E-state index contributed by atoms with van der Waals surface area (Å²) in [6.07, 6.45) is 2.98. The molecule has 0 radical (unpaired) electrons. The molecule has 120 valence electrons. The van der Waals surface area contributed by atoms with Crippen LogP contribution in [0.3, 0.4) is 0 Å². The second-order valence-electron chi connectivity index (χ2n) is 5.77. The molecule has 23 heavy (non-hydrogen) atoms. The lowest BCUT2D eigenvalue weighted by atomic mass is 10.1. The summed E-state index contributed by atoms with van der Waals surface area (Å²) in [5.74, 6) is 0.558. The fourth-order valence-corrected chi connectivity index (χ4v) is 2.89. The topological polar surface area (TPSA) is 62.6 Å². The van der Waals surface area contributed by atoms with Crippen LogP contribution in [0.5, 0.6) is 0 Å². The van der Waals surface area contributed by atoms with Crippen LogP contribution in [0.2, 0.25) is 0 Å². The Morgan fingerprint density at radius 1 is 1.30 bits per heavy atom. The Hall–Kier alpha value is -2.56. The van der Waals surface area contributed by atoms with E-state index in [9.17, 15) is 9.59 Å². The van der Waals surface area contributed by atoms with Crippen molar-refractivity contribution in [2.45, 2.75) is 25.8 Å². The van der Waals surface area contributed by atoms with Crippen LogP contribution < -0.4 is 5.32 Å². The highest BCUT2D eigenvalue weighted by Crippen LogP contribution is 2.20. The molecule has 1 aliphatic heterocycles. The van der Waals surface area contributed by atoms with E-state index in [4.69, 9.17) is 4.42 Å². The van der Waals surface area contributed by atoms with Gasteiger partial charge in [0.1, 0.15) is 5.76 Å². The van der Waals surface area contributed by atoms with Crippen LogP contribution >= 0.6 is 0 Å². The Morgan fingerprint density at radius 3 is 2.70 bits per heavy atom. The van der Waals surface area contributed by atoms with Crippen molar-refractivity contribution in [1.82, 2.24) is 10.2 Å². The van der Waals surface area contributed by atoms with Gasteiger partial charge in [-0.1, -0.05) is 30.3 Å². The van der Waals surface area contributed by atoms with E-state index in [-0.39, 0.29) is 17.9 Å². The van der Waals surface area contributed by atoms with Crippen LogP contribution in [0.15, 0.2) is 47.1 Å². The molecule has 1 aliphatic rings. The molecule has 1 fully saturated rings. The fourth-order valence-electron chi connectivity index (χ4n) is 2.89. The Labute approximate surface area is 135 Å². The molecule has 1 atom stereocenters. The van der Waals surface area contributed by atoms with Gasteiger partial charge in [0.2, 0.25) is 5.91 Å². The first-order chi connectivity index (χ1) is 11.1. The van der Waals surface area contributed by atoms with E-state index in [1.165, 1.54) is 6.26 Å². The molecule has 0 spiro atoms. The minimum atomic E-state index is -0.236. The van der Waals surface area contributed by atoms with Gasteiger partial charge in [0.05, 0.1) is 17.9 Å². The van der Waals surface area contributed by atoms with E-state index in [1.54, 1.807) is 13.0 Å². The van der Waals surface area contributed by atoms with E-state index >= 15 is 0 Å². The first-order valence-corrected chi connectivity index (χ1v) is 7.83. The molecule has 3 rings (SSSR count). The molecule has 1 aromatic carbocycles. The van der Waals surface area contributed by atoms with Gasteiger partial charge in [0.15, 0.2) is 0 Å². The van der Waals surface area contributed by atoms with Gasteiger partial charge in [-0.15, -0.1) is 0 Å². The van der Waals surface area contributed by atoms with Crippen molar-refractivity contribution in [3.8, 4) is 0 Å². The molecule has 0 unspecified atom stereocenters. The van der Waals surface area contributed by atoms with Crippen LogP contribution in [0.4, 0.5) is 0 Å². The molecule has 0 saturated carbocycles. The average Bonchev–Trinajstić information content (AvgIpc) is 3.16. The predicted octanol–water partition coefficient (Wildman–Crippen LogP) is 2.68. The summed E-state index contributed by atoms with van der Waals surface area (Å²) >= 11 is 0. The lowest BCUT2D eigenvalue weighted by molar-refractivity contribution is -0.128. The zero-order valence-electron chi connectivity index (χ0n) is 13.1. The van der Waals surface area contributed by atoms with E-state index in [0.29, 0.717) is 24.3 Å². The summed E-state index contributed by atoms with van der Waals surface area (Å²) < 4.78 is 5.20. The van der Waals surface area contributed by atoms with Gasteiger partial charge in [-0.3, -0.25) is 9.59 Å². The Bertz CT molecular complexity index is 693. The third kappa shape index (κ3) is 3.44. The Balaban J connectivity index is 1.79. The highest BCUT2D eigenvalue weighted by Gasteiger charge is 2.26. The molecule has 1 saturated heterocycles. The molecular weight excluding hydrogens is 292 g/mol. The van der Waals surface area contributed by atoms with Gasteiger partial charge >= 0.3 is 0 Å². The molecular formula is C18H20N2O3. The third-order valence-electron chi connectivity index (χ3n) is 4.19. The number of carbonyl (C=O) groups excluding carboxylic acids is 2. The van der Waals surface area contributed by atoms with E-state index < -0.39 is 0 Å². The number of hydrogen-bond acceptors (Lipinski definition) is 3. The lowest BCUT2D eigenvalue weighted by Crippen LogP contribution is -2.38. The van der Waals surface area contributed by atoms with Crippen molar-refractivity contribution in [1.29, 1.82) is 0 Å². The zero-order valence-corrected chi connectivity index (χ0v) is 13.1. The minimum absolute atomic E-state index is 0.152. The molecule has 0 aliphatic carbocycles. The molecule has 0 bridgehead atoms. The van der Waals surface area contributed by atoms with Gasteiger partial charge < -0.3 is 14.6 Å². The lowest BCUT2D eigenvalue weighted by Gasteiger charge is -2.25. The van der Waals surface area contributed by atoms with Gasteiger partial charge in [-0.25, -0.2) is 0 Å². The van der Waals surface area contributed by atoms with Crippen LogP contribution in [0, 0.1) is 6.92 Å². The number of nitrogens with zero attached hydrogens (tertiary/aromatic N) is 1. The second kappa shape index (κ2) is 6.69. The van der Waals surface area contributed by atoms with E-state index in [0.717, 1.165) is 18.5 Å². The fraction of sp³-hybridized carbons (Fsp3) is 0.333. The molecule has 5 heteroatoms. The zero-order chi connectivity index (χ0) is 16.2. The van der Waals surface area contributed by atoms with Crippen LogP contribution in [0.1, 0.15) is 40.6 Å². The first-order valence-electron chi connectivity index (χ1n) is 7.83. The van der Waals surface area contributed by atoms with Gasteiger partial charge in [0, 0.05) is 19.5 Å². The Kier molecular flexibility index (Phi) is 4.46. The highest BCUT2D eigenvalue weighted by molar-refractivity contribution is 5.95. The van der Waals surface area contributed by atoms with Gasteiger partial charge in [-0.2, -0.15) is 0 Å². The smallest absolute Gasteiger partial charge is 0.255 e. The van der Waals surface area contributed by atoms with Crippen molar-refractivity contribution >= 4 is 11.8 Å². The molecule has 2 amide bonds. The summed E-state index contributed by atoms with van der Waals surface area (Å²) in [7, 11) is 0. The molecule has 2 heterocycles. The third-order valence-corrected chi connectivity index (χ3v) is 4.19. The summed E-state index contributed by atoms with van der Waals surface area (Å²) in [5, 5.41) is 3.03. The van der Waals surface area contributed by atoms with Crippen molar-refractivity contribution < 1.29 is 14.0 Å². The summed E-state index contributed by atoms with van der Waals surface area (Å²) in [6.45, 7) is 3.00. The predicted molar refractivity (Wildman–Crippen MR) is 85.9 cm³/mol. The standard InChI is InChI=1S/C18H20N2O3/c1-13-15(9-11-23-13)18(22)19-16(14-6-3-2-4-7-14)12-20-10-5-8-17(20)21/h2-4,6-7,9,11,16H,5,8,10,12H2,1H3,(H,19,22)/t16-/m1/s1. The molecule has 1 N–H and O–H groups in total. The monoisotopic (exact) mass is 312 g/mol. The number of hydrogen-bond donors (Lipinski definition) is 1. The number of amides is 2. The minimum Gasteiger partial charge on any atom is -0.469 e. The number of carbonyl (C=O) groups is 2. The summed E-state index contributed by atoms with van der Waals surface area (Å²) in [5.41, 5.74) is 1.51. The van der Waals surface area contributed by atoms with Crippen molar-refractivity contribution in [2.24, 2.45) is 0 Å². The van der Waals surface area contributed by atoms with Crippen molar-refractivity contribution in [2.75, 3.05) is 13.1 Å².